The van der Waals surface area contributed by atoms with Crippen LogP contribution >= 0.6 is 0 Å². The molecule has 5 nitrogen and oxygen atoms in total. The fraction of sp³-hybridized carbons (Fsp3) is 0.556. The molecule has 1 saturated heterocycles. The Kier molecular flexibility index (Phi) is 2.68. The number of ether oxygens (including phenoxy) is 1. The fourth-order valence-electron chi connectivity index (χ4n) is 1.52. The Bertz CT molecular complexity index is 360. The van der Waals surface area contributed by atoms with Gasteiger partial charge in [0.2, 0.25) is 5.95 Å². The summed E-state index contributed by atoms with van der Waals surface area (Å²) in [7, 11) is 0. The van der Waals surface area contributed by atoms with Crippen molar-refractivity contribution < 1.29 is 9.13 Å². The molecule has 1 atom stereocenters. The van der Waals surface area contributed by atoms with Gasteiger partial charge in [0, 0.05) is 13.1 Å². The first kappa shape index (κ1) is 10.1. The number of nitrogens with two attached hydrogens (primary N) is 1. The third kappa shape index (κ3) is 2.15. The van der Waals surface area contributed by atoms with Crippen molar-refractivity contribution in [1.29, 1.82) is 0 Å². The predicted molar refractivity (Wildman–Crippen MR) is 54.0 cm³/mol. The van der Waals surface area contributed by atoms with E-state index in [4.69, 9.17) is 10.5 Å². The van der Waals surface area contributed by atoms with Crippen LogP contribution in [0.1, 0.15) is 6.92 Å². The zero-order valence-corrected chi connectivity index (χ0v) is 8.48. The highest BCUT2D eigenvalue weighted by Gasteiger charge is 2.19. The smallest absolute Gasteiger partial charge is 0.227 e. The van der Waals surface area contributed by atoms with Crippen LogP contribution in [-0.2, 0) is 4.74 Å². The number of rotatable bonds is 1. The molecule has 1 aromatic rings. The average molecular weight is 212 g/mol. The molecule has 1 unspecified atom stereocenters. The van der Waals surface area contributed by atoms with E-state index >= 15 is 0 Å². The third-order valence-corrected chi connectivity index (χ3v) is 2.28. The number of nitrogen functional groups attached to an aromatic ring is 1. The van der Waals surface area contributed by atoms with Crippen LogP contribution in [0.2, 0.25) is 0 Å². The Labute approximate surface area is 87.1 Å². The molecule has 0 amide bonds. The van der Waals surface area contributed by atoms with Gasteiger partial charge in [-0.15, -0.1) is 0 Å². The molecule has 0 aromatic carbocycles. The number of anilines is 2. The van der Waals surface area contributed by atoms with Gasteiger partial charge in [0.15, 0.2) is 11.6 Å². The molecule has 0 saturated carbocycles. The molecule has 1 aromatic heterocycles. The maximum atomic E-state index is 12.8. The zero-order chi connectivity index (χ0) is 10.8. The van der Waals surface area contributed by atoms with E-state index in [1.807, 2.05) is 11.8 Å². The minimum atomic E-state index is -0.583. The summed E-state index contributed by atoms with van der Waals surface area (Å²) in [6, 6.07) is 0. The van der Waals surface area contributed by atoms with Crippen molar-refractivity contribution in [3.05, 3.63) is 12.0 Å². The molecule has 15 heavy (non-hydrogen) atoms. The Morgan fingerprint density at radius 3 is 3.13 bits per heavy atom. The van der Waals surface area contributed by atoms with E-state index in [1.165, 1.54) is 0 Å². The maximum absolute atomic E-state index is 12.8. The van der Waals surface area contributed by atoms with Gasteiger partial charge in [-0.1, -0.05) is 0 Å². The summed E-state index contributed by atoms with van der Waals surface area (Å²) in [4.78, 5) is 9.73. The molecule has 0 aliphatic carbocycles. The van der Waals surface area contributed by atoms with Gasteiger partial charge in [0.05, 0.1) is 18.9 Å². The molecule has 82 valence electrons. The molecular weight excluding hydrogens is 199 g/mol. The van der Waals surface area contributed by atoms with Crippen LogP contribution in [0.3, 0.4) is 0 Å². The quantitative estimate of drug-likeness (QED) is 0.731. The lowest BCUT2D eigenvalue weighted by molar-refractivity contribution is 0.0526. The zero-order valence-electron chi connectivity index (χ0n) is 8.48. The summed E-state index contributed by atoms with van der Waals surface area (Å²) < 4.78 is 18.2. The highest BCUT2D eigenvalue weighted by atomic mass is 19.1. The lowest BCUT2D eigenvalue weighted by atomic mass is 10.3. The van der Waals surface area contributed by atoms with Crippen molar-refractivity contribution in [1.82, 2.24) is 9.97 Å². The number of hydrogen-bond donors (Lipinski definition) is 1. The minimum absolute atomic E-state index is 0.112. The van der Waals surface area contributed by atoms with E-state index in [-0.39, 0.29) is 11.9 Å². The van der Waals surface area contributed by atoms with E-state index in [0.29, 0.717) is 25.6 Å². The van der Waals surface area contributed by atoms with Crippen molar-refractivity contribution in [3.63, 3.8) is 0 Å². The van der Waals surface area contributed by atoms with Gasteiger partial charge < -0.3 is 15.4 Å². The monoisotopic (exact) mass is 212 g/mol. The molecule has 0 radical (unpaired) electrons. The topological polar surface area (TPSA) is 64.3 Å². The van der Waals surface area contributed by atoms with E-state index in [2.05, 4.69) is 9.97 Å². The Morgan fingerprint density at radius 2 is 2.47 bits per heavy atom. The predicted octanol–water partition coefficient (Wildman–Crippen LogP) is 0.423. The van der Waals surface area contributed by atoms with Gasteiger partial charge in [-0.25, -0.2) is 9.37 Å². The molecular formula is C9H13FN4O. The van der Waals surface area contributed by atoms with Crippen LogP contribution in [-0.4, -0.2) is 35.8 Å². The molecule has 2 N–H and O–H groups in total. The molecule has 1 aliphatic rings. The van der Waals surface area contributed by atoms with Gasteiger partial charge in [0.25, 0.3) is 0 Å². The van der Waals surface area contributed by atoms with Crippen LogP contribution in [0.15, 0.2) is 6.20 Å². The summed E-state index contributed by atoms with van der Waals surface area (Å²) in [5.41, 5.74) is 5.38. The van der Waals surface area contributed by atoms with Gasteiger partial charge in [-0.05, 0) is 6.92 Å². The first-order valence-electron chi connectivity index (χ1n) is 4.81. The second-order valence-electron chi connectivity index (χ2n) is 3.53. The van der Waals surface area contributed by atoms with Crippen molar-refractivity contribution in [2.45, 2.75) is 13.0 Å². The van der Waals surface area contributed by atoms with Crippen LogP contribution in [0.4, 0.5) is 16.2 Å². The molecule has 1 fully saturated rings. The standard InChI is InChI=1S/C9H13FN4O/c1-6-5-14(2-3-15-6)9-12-4-7(10)8(11)13-9/h4,6H,2-3,5H2,1H3,(H2,11,12,13). The van der Waals surface area contributed by atoms with Gasteiger partial charge >= 0.3 is 0 Å². The van der Waals surface area contributed by atoms with E-state index < -0.39 is 5.82 Å². The lowest BCUT2D eigenvalue weighted by Crippen LogP contribution is -2.42. The fourth-order valence-corrected chi connectivity index (χ4v) is 1.52. The summed E-state index contributed by atoms with van der Waals surface area (Å²) >= 11 is 0. The normalized spacial score (nSPS) is 21.7. The Balaban J connectivity index is 2.18. The minimum Gasteiger partial charge on any atom is -0.381 e. The van der Waals surface area contributed by atoms with Crippen LogP contribution in [0.5, 0.6) is 0 Å². The number of morpholine rings is 1. The van der Waals surface area contributed by atoms with Gasteiger partial charge in [-0.3, -0.25) is 0 Å². The Morgan fingerprint density at radius 1 is 1.67 bits per heavy atom. The van der Waals surface area contributed by atoms with Gasteiger partial charge in [-0.2, -0.15) is 4.98 Å². The first-order valence-corrected chi connectivity index (χ1v) is 4.81. The number of halogens is 1. The molecule has 6 heteroatoms. The van der Waals surface area contributed by atoms with Crippen LogP contribution < -0.4 is 10.6 Å². The van der Waals surface area contributed by atoms with E-state index in [9.17, 15) is 4.39 Å². The lowest BCUT2D eigenvalue weighted by Gasteiger charge is -2.31. The summed E-state index contributed by atoms with van der Waals surface area (Å²) in [5.74, 6) is -0.233. The van der Waals surface area contributed by atoms with Gasteiger partial charge in [0.1, 0.15) is 0 Å². The van der Waals surface area contributed by atoms with Crippen molar-refractivity contribution in [2.24, 2.45) is 0 Å². The molecule has 2 heterocycles. The summed E-state index contributed by atoms with van der Waals surface area (Å²) in [5, 5.41) is 0. The molecule has 2 rings (SSSR count). The number of nitrogens with zero attached hydrogens (tertiary/aromatic N) is 3. The van der Waals surface area contributed by atoms with E-state index in [1.54, 1.807) is 0 Å². The number of hydrogen-bond acceptors (Lipinski definition) is 5. The van der Waals surface area contributed by atoms with Crippen molar-refractivity contribution in [3.8, 4) is 0 Å². The molecule has 0 spiro atoms. The first-order chi connectivity index (χ1) is 7.16. The third-order valence-electron chi connectivity index (χ3n) is 2.28. The highest BCUT2D eigenvalue weighted by molar-refractivity contribution is 5.39. The summed E-state index contributed by atoms with van der Waals surface area (Å²) in [6.07, 6.45) is 1.23. The second-order valence-corrected chi connectivity index (χ2v) is 3.53. The highest BCUT2D eigenvalue weighted by Crippen LogP contribution is 2.15. The van der Waals surface area contributed by atoms with Crippen LogP contribution in [0.25, 0.3) is 0 Å². The Hall–Kier alpha value is -1.43. The van der Waals surface area contributed by atoms with E-state index in [0.717, 1.165) is 6.20 Å². The SMILES string of the molecule is CC1CN(c2ncc(F)c(N)n2)CCO1. The van der Waals surface area contributed by atoms with Crippen molar-refractivity contribution >= 4 is 11.8 Å². The average Bonchev–Trinajstić information content (AvgIpc) is 2.22. The second kappa shape index (κ2) is 3.98. The van der Waals surface area contributed by atoms with Crippen LogP contribution in [0, 0.1) is 5.82 Å². The number of aromatic nitrogens is 2. The summed E-state index contributed by atoms with van der Waals surface area (Å²) in [6.45, 7) is 4.00. The molecule has 1 aliphatic heterocycles. The molecule has 0 bridgehead atoms. The van der Waals surface area contributed by atoms with Crippen molar-refractivity contribution in [2.75, 3.05) is 30.3 Å². The maximum Gasteiger partial charge on any atom is 0.227 e. The largest absolute Gasteiger partial charge is 0.381 e.